The minimum Gasteiger partial charge on any atom is -0.466 e. The van der Waals surface area contributed by atoms with E-state index in [0.717, 1.165) is 38.0 Å². The Morgan fingerprint density at radius 1 is 1.61 bits per heavy atom. The van der Waals surface area contributed by atoms with Crippen LogP contribution in [0, 0.1) is 0 Å². The summed E-state index contributed by atoms with van der Waals surface area (Å²) in [7, 11) is 1.43. The first kappa shape index (κ1) is 13.3. The molecule has 2 heterocycles. The van der Waals surface area contributed by atoms with Gasteiger partial charge in [0.2, 0.25) is 0 Å². The fourth-order valence-corrected chi connectivity index (χ4v) is 3.09. The van der Waals surface area contributed by atoms with Crippen LogP contribution in [-0.2, 0) is 22.5 Å². The zero-order valence-corrected chi connectivity index (χ0v) is 11.8. The second-order valence-corrected chi connectivity index (χ2v) is 5.43. The third-order valence-corrected chi connectivity index (χ3v) is 4.33. The highest BCUT2D eigenvalue weighted by atomic mass is 32.1. The highest BCUT2D eigenvalue weighted by Crippen LogP contribution is 2.23. The van der Waals surface area contributed by atoms with Gasteiger partial charge in [-0.3, -0.25) is 4.90 Å². The lowest BCUT2D eigenvalue weighted by atomic mass is 10.1. The Hall–Kier alpha value is -1.13. The van der Waals surface area contributed by atoms with Gasteiger partial charge in [-0.2, -0.15) is 0 Å². The predicted octanol–water partition coefficient (Wildman–Crippen LogP) is 2.62. The van der Waals surface area contributed by atoms with Crippen molar-refractivity contribution in [2.75, 3.05) is 20.2 Å². The molecule has 0 saturated heterocycles. The van der Waals surface area contributed by atoms with Crippen LogP contribution in [0.4, 0.5) is 0 Å². The summed E-state index contributed by atoms with van der Waals surface area (Å²) in [6, 6.07) is 2.21. The average Bonchev–Trinajstić information content (AvgIpc) is 2.86. The van der Waals surface area contributed by atoms with Crippen molar-refractivity contribution < 1.29 is 9.53 Å². The SMILES string of the molecule is CCC(=CCN1CCc2sccc2C1)C(=O)OC. The third kappa shape index (κ3) is 3.00. The van der Waals surface area contributed by atoms with Gasteiger partial charge in [0.1, 0.15) is 0 Å². The molecular weight excluding hydrogens is 246 g/mol. The summed E-state index contributed by atoms with van der Waals surface area (Å²) in [5.41, 5.74) is 2.21. The van der Waals surface area contributed by atoms with Crippen LogP contribution in [0.15, 0.2) is 23.1 Å². The van der Waals surface area contributed by atoms with E-state index in [1.165, 1.54) is 17.6 Å². The van der Waals surface area contributed by atoms with Gasteiger partial charge in [0, 0.05) is 30.1 Å². The molecule has 1 aromatic rings. The molecule has 0 N–H and O–H groups in total. The molecule has 0 bridgehead atoms. The summed E-state index contributed by atoms with van der Waals surface area (Å²) in [5, 5.41) is 2.16. The Kier molecular flexibility index (Phi) is 4.55. The first-order valence-electron chi connectivity index (χ1n) is 6.29. The number of hydrogen-bond donors (Lipinski definition) is 0. The molecule has 0 amide bonds. The number of hydrogen-bond acceptors (Lipinski definition) is 4. The van der Waals surface area contributed by atoms with Gasteiger partial charge in [-0.25, -0.2) is 4.79 Å². The minimum atomic E-state index is -0.203. The number of carbonyl (C=O) groups is 1. The normalized spacial score (nSPS) is 16.4. The van der Waals surface area contributed by atoms with Gasteiger partial charge in [-0.05, 0) is 29.9 Å². The summed E-state index contributed by atoms with van der Waals surface area (Å²) in [4.78, 5) is 15.3. The molecule has 2 rings (SSSR count). The smallest absolute Gasteiger partial charge is 0.333 e. The molecule has 0 atom stereocenters. The molecule has 0 unspecified atom stereocenters. The van der Waals surface area contributed by atoms with Gasteiger partial charge >= 0.3 is 5.97 Å². The fourth-order valence-electron chi connectivity index (χ4n) is 2.21. The van der Waals surface area contributed by atoms with E-state index in [1.807, 2.05) is 24.3 Å². The largest absolute Gasteiger partial charge is 0.466 e. The van der Waals surface area contributed by atoms with Gasteiger partial charge in [0.15, 0.2) is 0 Å². The zero-order valence-electron chi connectivity index (χ0n) is 10.9. The number of thiophene rings is 1. The van der Waals surface area contributed by atoms with Crippen LogP contribution in [-0.4, -0.2) is 31.1 Å². The predicted molar refractivity (Wildman–Crippen MR) is 73.7 cm³/mol. The van der Waals surface area contributed by atoms with E-state index in [-0.39, 0.29) is 5.97 Å². The van der Waals surface area contributed by atoms with E-state index in [2.05, 4.69) is 16.3 Å². The second kappa shape index (κ2) is 6.16. The molecule has 1 aromatic heterocycles. The maximum atomic E-state index is 11.5. The van der Waals surface area contributed by atoms with Gasteiger partial charge in [-0.1, -0.05) is 13.0 Å². The van der Waals surface area contributed by atoms with Crippen LogP contribution in [0.1, 0.15) is 23.8 Å². The molecule has 3 nitrogen and oxygen atoms in total. The van der Waals surface area contributed by atoms with Crippen molar-refractivity contribution in [3.63, 3.8) is 0 Å². The Morgan fingerprint density at radius 3 is 3.17 bits per heavy atom. The molecule has 0 radical (unpaired) electrons. The van der Waals surface area contributed by atoms with Crippen LogP contribution in [0.25, 0.3) is 0 Å². The maximum absolute atomic E-state index is 11.5. The molecule has 18 heavy (non-hydrogen) atoms. The van der Waals surface area contributed by atoms with Crippen molar-refractivity contribution in [3.05, 3.63) is 33.5 Å². The average molecular weight is 265 g/mol. The quantitative estimate of drug-likeness (QED) is 0.619. The molecule has 0 fully saturated rings. The van der Waals surface area contributed by atoms with E-state index in [0.29, 0.717) is 0 Å². The highest BCUT2D eigenvalue weighted by molar-refractivity contribution is 7.10. The van der Waals surface area contributed by atoms with Crippen molar-refractivity contribution in [2.45, 2.75) is 26.3 Å². The summed E-state index contributed by atoms with van der Waals surface area (Å²) >= 11 is 1.85. The van der Waals surface area contributed by atoms with Gasteiger partial charge in [0.25, 0.3) is 0 Å². The number of nitrogens with zero attached hydrogens (tertiary/aromatic N) is 1. The molecule has 0 saturated carbocycles. The van der Waals surface area contributed by atoms with Crippen molar-refractivity contribution in [1.29, 1.82) is 0 Å². The summed E-state index contributed by atoms with van der Waals surface area (Å²) in [6.45, 7) is 4.87. The topological polar surface area (TPSA) is 29.5 Å². The monoisotopic (exact) mass is 265 g/mol. The molecule has 4 heteroatoms. The standard InChI is InChI=1S/C14H19NO2S/c1-3-11(14(16)17-2)4-7-15-8-5-13-12(10-15)6-9-18-13/h4,6,9H,3,5,7-8,10H2,1-2H3. The lowest BCUT2D eigenvalue weighted by Crippen LogP contribution is -2.30. The number of esters is 1. The fraction of sp³-hybridized carbons (Fsp3) is 0.500. The van der Waals surface area contributed by atoms with Crippen molar-refractivity contribution in [2.24, 2.45) is 0 Å². The number of ether oxygens (including phenoxy) is 1. The van der Waals surface area contributed by atoms with Crippen LogP contribution in [0.3, 0.4) is 0 Å². The highest BCUT2D eigenvalue weighted by Gasteiger charge is 2.16. The lowest BCUT2D eigenvalue weighted by molar-refractivity contribution is -0.136. The molecular formula is C14H19NO2S. The first-order chi connectivity index (χ1) is 8.74. The van der Waals surface area contributed by atoms with Crippen molar-refractivity contribution >= 4 is 17.3 Å². The second-order valence-electron chi connectivity index (χ2n) is 4.43. The van der Waals surface area contributed by atoms with Crippen molar-refractivity contribution in [3.8, 4) is 0 Å². The first-order valence-corrected chi connectivity index (χ1v) is 7.17. The molecule has 1 aliphatic heterocycles. The molecule has 0 aromatic carbocycles. The molecule has 98 valence electrons. The minimum absolute atomic E-state index is 0.203. The zero-order chi connectivity index (χ0) is 13.0. The van der Waals surface area contributed by atoms with Crippen LogP contribution in [0.2, 0.25) is 0 Å². The van der Waals surface area contributed by atoms with E-state index in [4.69, 9.17) is 4.74 Å². The van der Waals surface area contributed by atoms with E-state index in [9.17, 15) is 4.79 Å². The molecule has 0 spiro atoms. The number of carbonyl (C=O) groups excluding carboxylic acids is 1. The summed E-state index contributed by atoms with van der Waals surface area (Å²) in [6.07, 6.45) is 3.86. The van der Waals surface area contributed by atoms with Crippen molar-refractivity contribution in [1.82, 2.24) is 4.90 Å². The number of rotatable bonds is 4. The Balaban J connectivity index is 1.95. The third-order valence-electron chi connectivity index (χ3n) is 3.31. The van der Waals surface area contributed by atoms with E-state index in [1.54, 1.807) is 0 Å². The Morgan fingerprint density at radius 2 is 2.44 bits per heavy atom. The Labute approximate surface area is 112 Å². The Bertz CT molecular complexity index is 450. The number of fused-ring (bicyclic) bond motifs is 1. The van der Waals surface area contributed by atoms with Crippen LogP contribution < -0.4 is 0 Å². The van der Waals surface area contributed by atoms with Crippen LogP contribution >= 0.6 is 11.3 Å². The molecule has 1 aliphatic rings. The van der Waals surface area contributed by atoms with Gasteiger partial charge in [0.05, 0.1) is 7.11 Å². The maximum Gasteiger partial charge on any atom is 0.333 e. The van der Waals surface area contributed by atoms with E-state index < -0.39 is 0 Å². The van der Waals surface area contributed by atoms with Gasteiger partial charge in [-0.15, -0.1) is 11.3 Å². The lowest BCUT2D eigenvalue weighted by Gasteiger charge is -2.25. The molecule has 0 aliphatic carbocycles. The van der Waals surface area contributed by atoms with Crippen LogP contribution in [0.5, 0.6) is 0 Å². The summed E-state index contributed by atoms with van der Waals surface area (Å²) in [5.74, 6) is -0.203. The number of methoxy groups -OCH3 is 1. The van der Waals surface area contributed by atoms with Gasteiger partial charge < -0.3 is 4.74 Å². The summed E-state index contributed by atoms with van der Waals surface area (Å²) < 4.78 is 4.76. The van der Waals surface area contributed by atoms with E-state index >= 15 is 0 Å².